The van der Waals surface area contributed by atoms with E-state index in [0.29, 0.717) is 18.7 Å². The number of rotatable bonds is 7. The van der Waals surface area contributed by atoms with Gasteiger partial charge in [0.25, 0.3) is 0 Å². The molecule has 1 aliphatic heterocycles. The molecule has 7 heteroatoms. The van der Waals surface area contributed by atoms with Gasteiger partial charge in [-0.1, -0.05) is 0 Å². The van der Waals surface area contributed by atoms with Gasteiger partial charge in [-0.25, -0.2) is 0 Å². The van der Waals surface area contributed by atoms with E-state index in [0.717, 1.165) is 45.4 Å². The summed E-state index contributed by atoms with van der Waals surface area (Å²) in [6.07, 6.45) is 0. The third kappa shape index (κ3) is 8.18. The third-order valence-corrected chi connectivity index (χ3v) is 3.44. The van der Waals surface area contributed by atoms with Gasteiger partial charge in [-0.05, 0) is 20.8 Å². The van der Waals surface area contributed by atoms with Crippen molar-refractivity contribution in [3.05, 3.63) is 0 Å². The first kappa shape index (κ1) is 20.9. The first-order chi connectivity index (χ1) is 9.69. The zero-order valence-corrected chi connectivity index (χ0v) is 16.1. The van der Waals surface area contributed by atoms with Crippen LogP contribution >= 0.6 is 24.0 Å². The van der Waals surface area contributed by atoms with Crippen molar-refractivity contribution in [3.63, 3.8) is 0 Å². The molecule has 1 heterocycles. The highest BCUT2D eigenvalue weighted by atomic mass is 127. The number of hydrogen-bond donors (Lipinski definition) is 2. The van der Waals surface area contributed by atoms with Gasteiger partial charge in [-0.15, -0.1) is 24.0 Å². The molecule has 1 rings (SSSR count). The van der Waals surface area contributed by atoms with E-state index in [-0.39, 0.29) is 24.0 Å². The van der Waals surface area contributed by atoms with Gasteiger partial charge in [0, 0.05) is 38.8 Å². The Balaban J connectivity index is 0.00000400. The van der Waals surface area contributed by atoms with Crippen molar-refractivity contribution in [1.29, 1.82) is 0 Å². The van der Waals surface area contributed by atoms with Crippen molar-refractivity contribution < 1.29 is 9.47 Å². The van der Waals surface area contributed by atoms with Crippen molar-refractivity contribution in [3.8, 4) is 0 Å². The molecule has 1 aliphatic rings. The van der Waals surface area contributed by atoms with Crippen molar-refractivity contribution in [2.45, 2.75) is 32.9 Å². The molecule has 0 aromatic heterocycles. The van der Waals surface area contributed by atoms with Crippen LogP contribution in [0.5, 0.6) is 0 Å². The summed E-state index contributed by atoms with van der Waals surface area (Å²) in [7, 11) is 1.70. The Kier molecular flexibility index (Phi) is 12.4. The van der Waals surface area contributed by atoms with Crippen molar-refractivity contribution >= 4 is 29.9 Å². The highest BCUT2D eigenvalue weighted by Crippen LogP contribution is 2.10. The molecule has 0 aromatic rings. The van der Waals surface area contributed by atoms with E-state index in [9.17, 15) is 0 Å². The zero-order valence-electron chi connectivity index (χ0n) is 13.7. The maximum absolute atomic E-state index is 5.48. The highest BCUT2D eigenvalue weighted by molar-refractivity contribution is 14.0. The maximum atomic E-state index is 5.48. The summed E-state index contributed by atoms with van der Waals surface area (Å²) in [4.78, 5) is 7.12. The van der Waals surface area contributed by atoms with Gasteiger partial charge in [0.05, 0.1) is 26.4 Å². The van der Waals surface area contributed by atoms with Crippen LogP contribution in [0.3, 0.4) is 0 Å². The number of ether oxygens (including phenoxy) is 2. The fourth-order valence-corrected chi connectivity index (χ4v) is 2.34. The van der Waals surface area contributed by atoms with E-state index in [4.69, 9.17) is 9.47 Å². The quantitative estimate of drug-likeness (QED) is 0.281. The molecule has 0 spiro atoms. The summed E-state index contributed by atoms with van der Waals surface area (Å²) in [5, 5.41) is 6.51. The van der Waals surface area contributed by atoms with E-state index in [2.05, 4.69) is 41.3 Å². The van der Waals surface area contributed by atoms with Crippen LogP contribution < -0.4 is 10.6 Å². The summed E-state index contributed by atoms with van der Waals surface area (Å²) in [6.45, 7) is 12.2. The fraction of sp³-hybridized carbons (Fsp3) is 0.929. The smallest absolute Gasteiger partial charge is 0.191 e. The Hall–Kier alpha value is -0.120. The summed E-state index contributed by atoms with van der Waals surface area (Å²) in [5.41, 5.74) is 0. The summed E-state index contributed by atoms with van der Waals surface area (Å²) in [6, 6.07) is 0.893. The number of aliphatic imine (C=N–C) groups is 1. The molecule has 2 N–H and O–H groups in total. The Morgan fingerprint density at radius 3 is 2.86 bits per heavy atom. The lowest BCUT2D eigenvalue weighted by Crippen LogP contribution is -2.49. The number of nitrogens with one attached hydrogen (secondary N) is 2. The molecule has 0 radical (unpaired) electrons. The van der Waals surface area contributed by atoms with E-state index in [1.807, 2.05) is 0 Å². The lowest BCUT2D eigenvalue weighted by molar-refractivity contribution is -0.0165. The van der Waals surface area contributed by atoms with Crippen molar-refractivity contribution in [1.82, 2.24) is 15.5 Å². The lowest BCUT2D eigenvalue weighted by Gasteiger charge is -2.37. The number of methoxy groups -OCH3 is 1. The molecule has 1 fully saturated rings. The van der Waals surface area contributed by atoms with E-state index < -0.39 is 0 Å². The highest BCUT2D eigenvalue weighted by Gasteiger charge is 2.23. The topological polar surface area (TPSA) is 58.1 Å². The molecular weight excluding hydrogens is 383 g/mol. The summed E-state index contributed by atoms with van der Waals surface area (Å²) in [5.74, 6) is 0.859. The van der Waals surface area contributed by atoms with Gasteiger partial charge in [0.1, 0.15) is 0 Å². The number of halogens is 1. The van der Waals surface area contributed by atoms with Gasteiger partial charge in [-0.2, -0.15) is 0 Å². The van der Waals surface area contributed by atoms with Gasteiger partial charge in [0.15, 0.2) is 5.96 Å². The molecule has 1 saturated heterocycles. The van der Waals surface area contributed by atoms with Crippen LogP contribution in [0.2, 0.25) is 0 Å². The second-order valence-corrected chi connectivity index (χ2v) is 5.15. The number of guanidine groups is 1. The second-order valence-electron chi connectivity index (χ2n) is 5.15. The first-order valence-electron chi connectivity index (χ1n) is 7.53. The van der Waals surface area contributed by atoms with Crippen molar-refractivity contribution in [2.24, 2.45) is 4.99 Å². The van der Waals surface area contributed by atoms with E-state index in [1.54, 1.807) is 7.11 Å². The molecule has 6 nitrogen and oxygen atoms in total. The lowest BCUT2D eigenvalue weighted by atomic mass is 10.2. The first-order valence-corrected chi connectivity index (χ1v) is 7.53. The molecular formula is C14H31IN4O2. The number of morpholine rings is 1. The van der Waals surface area contributed by atoms with Gasteiger partial charge in [0.2, 0.25) is 0 Å². The van der Waals surface area contributed by atoms with Crippen LogP contribution in [0.4, 0.5) is 0 Å². The monoisotopic (exact) mass is 414 g/mol. The summed E-state index contributed by atoms with van der Waals surface area (Å²) < 4.78 is 10.5. The Morgan fingerprint density at radius 1 is 1.48 bits per heavy atom. The molecule has 2 unspecified atom stereocenters. The molecule has 0 amide bonds. The van der Waals surface area contributed by atoms with Gasteiger partial charge >= 0.3 is 0 Å². The molecule has 0 aliphatic carbocycles. The standard InChI is InChI=1S/C14H30N4O2.HI/c1-5-15-14(16-6-8-19-4)17-10-12(2)18-7-9-20-11-13(18)3;/h12-13H,5-11H2,1-4H3,(H2,15,16,17);1H. The second kappa shape index (κ2) is 12.4. The SMILES string of the molecule is CCNC(=NCC(C)N1CCOCC1C)NCCOC.I. The van der Waals surface area contributed by atoms with Crippen LogP contribution in [-0.4, -0.2) is 76.1 Å². The average Bonchev–Trinajstić information content (AvgIpc) is 2.45. The number of nitrogens with zero attached hydrogens (tertiary/aromatic N) is 2. The Labute approximate surface area is 146 Å². The third-order valence-electron chi connectivity index (χ3n) is 3.44. The van der Waals surface area contributed by atoms with E-state index in [1.165, 1.54) is 0 Å². The minimum absolute atomic E-state index is 0. The predicted molar refractivity (Wildman–Crippen MR) is 97.7 cm³/mol. The molecule has 0 bridgehead atoms. The normalized spacial score (nSPS) is 21.5. The van der Waals surface area contributed by atoms with E-state index >= 15 is 0 Å². The predicted octanol–water partition coefficient (Wildman–Crippen LogP) is 0.915. The Morgan fingerprint density at radius 2 is 2.24 bits per heavy atom. The van der Waals surface area contributed by atoms with Crippen LogP contribution in [-0.2, 0) is 9.47 Å². The van der Waals surface area contributed by atoms with Crippen LogP contribution in [0.1, 0.15) is 20.8 Å². The molecule has 21 heavy (non-hydrogen) atoms. The largest absolute Gasteiger partial charge is 0.383 e. The van der Waals surface area contributed by atoms with Crippen LogP contribution in [0, 0.1) is 0 Å². The van der Waals surface area contributed by atoms with Gasteiger partial charge in [-0.3, -0.25) is 9.89 Å². The number of hydrogen-bond acceptors (Lipinski definition) is 4. The van der Waals surface area contributed by atoms with Crippen molar-refractivity contribution in [2.75, 3.05) is 53.1 Å². The average molecular weight is 414 g/mol. The molecule has 2 atom stereocenters. The molecule has 0 saturated carbocycles. The zero-order chi connectivity index (χ0) is 14.8. The summed E-state index contributed by atoms with van der Waals surface area (Å²) >= 11 is 0. The maximum Gasteiger partial charge on any atom is 0.191 e. The minimum atomic E-state index is 0. The molecule has 126 valence electrons. The molecule has 0 aromatic carbocycles. The van der Waals surface area contributed by atoms with Crippen LogP contribution in [0.15, 0.2) is 4.99 Å². The minimum Gasteiger partial charge on any atom is -0.383 e. The van der Waals surface area contributed by atoms with Gasteiger partial charge < -0.3 is 20.1 Å². The Bertz CT molecular complexity index is 292. The van der Waals surface area contributed by atoms with Crippen LogP contribution in [0.25, 0.3) is 0 Å². The fourth-order valence-electron chi connectivity index (χ4n) is 2.34.